The normalized spacial score (nSPS) is 10.7. The Balaban J connectivity index is 2.13. The summed E-state index contributed by atoms with van der Waals surface area (Å²) >= 11 is 0. The van der Waals surface area contributed by atoms with Gasteiger partial charge in [0.05, 0.1) is 21.3 Å². The lowest BCUT2D eigenvalue weighted by atomic mass is 10.0. The van der Waals surface area contributed by atoms with Gasteiger partial charge in [0.25, 0.3) is 0 Å². The molecule has 0 aliphatic heterocycles. The Bertz CT molecular complexity index is 904. The number of benzene rings is 2. The Hall–Kier alpha value is -3.15. The third-order valence-electron chi connectivity index (χ3n) is 4.13. The first-order valence-electron chi connectivity index (χ1n) is 7.70. The summed E-state index contributed by atoms with van der Waals surface area (Å²) in [7, 11) is 4.65. The van der Waals surface area contributed by atoms with Crippen molar-refractivity contribution in [2.24, 2.45) is 0 Å². The number of carboxylic acid groups (broad SMARTS) is 1. The van der Waals surface area contributed by atoms with Crippen LogP contribution in [0.3, 0.4) is 0 Å². The third kappa shape index (κ3) is 2.98. The van der Waals surface area contributed by atoms with E-state index in [-0.39, 0.29) is 5.69 Å². The summed E-state index contributed by atoms with van der Waals surface area (Å²) in [6.07, 6.45) is 0.419. The number of hydrogen-bond acceptors (Lipinski definition) is 4. The molecule has 130 valence electrons. The van der Waals surface area contributed by atoms with E-state index in [0.29, 0.717) is 23.7 Å². The predicted octanol–water partition coefficient (Wildman–Crippen LogP) is 3.48. The second-order valence-corrected chi connectivity index (χ2v) is 5.54. The summed E-state index contributed by atoms with van der Waals surface area (Å²) in [6.45, 7) is 0. The lowest BCUT2D eigenvalue weighted by molar-refractivity contribution is 0.0690. The van der Waals surface area contributed by atoms with Crippen molar-refractivity contribution in [2.75, 3.05) is 21.3 Å². The maximum absolute atomic E-state index is 11.6. The number of aromatic nitrogens is 1. The molecule has 0 amide bonds. The van der Waals surface area contributed by atoms with Crippen LogP contribution in [0.15, 0.2) is 36.4 Å². The van der Waals surface area contributed by atoms with E-state index in [1.807, 2.05) is 36.4 Å². The smallest absolute Gasteiger partial charge is 0.352 e. The number of aromatic amines is 1. The molecule has 0 aliphatic carbocycles. The number of methoxy groups -OCH3 is 3. The minimum absolute atomic E-state index is 0.190. The summed E-state index contributed by atoms with van der Waals surface area (Å²) in [5.41, 5.74) is 2.57. The zero-order valence-corrected chi connectivity index (χ0v) is 14.3. The van der Waals surface area contributed by atoms with E-state index in [2.05, 4.69) is 4.98 Å². The molecule has 25 heavy (non-hydrogen) atoms. The number of ether oxygens (including phenoxy) is 3. The van der Waals surface area contributed by atoms with Crippen LogP contribution in [0.1, 0.15) is 21.6 Å². The predicted molar refractivity (Wildman–Crippen MR) is 94.2 cm³/mol. The molecule has 0 bridgehead atoms. The SMILES string of the molecule is COc1cc(Cc2c(C(=O)O)[nH]c3ccccc23)cc(OC)c1OC. The van der Waals surface area contributed by atoms with E-state index in [0.717, 1.165) is 22.0 Å². The van der Waals surface area contributed by atoms with Gasteiger partial charge in [0.1, 0.15) is 5.69 Å². The van der Waals surface area contributed by atoms with Crippen LogP contribution >= 0.6 is 0 Å². The van der Waals surface area contributed by atoms with Crippen LogP contribution in [0.4, 0.5) is 0 Å². The molecule has 0 saturated carbocycles. The molecule has 0 saturated heterocycles. The first kappa shape index (κ1) is 16.7. The molecule has 3 aromatic rings. The average molecular weight is 341 g/mol. The van der Waals surface area contributed by atoms with Crippen molar-refractivity contribution >= 4 is 16.9 Å². The number of carbonyl (C=O) groups is 1. The molecular formula is C19H19NO5. The number of fused-ring (bicyclic) bond motifs is 1. The lowest BCUT2D eigenvalue weighted by Crippen LogP contribution is -2.03. The molecule has 1 heterocycles. The summed E-state index contributed by atoms with van der Waals surface area (Å²) < 4.78 is 16.1. The van der Waals surface area contributed by atoms with Crippen molar-refractivity contribution in [1.29, 1.82) is 0 Å². The topological polar surface area (TPSA) is 80.8 Å². The van der Waals surface area contributed by atoms with Crippen molar-refractivity contribution < 1.29 is 24.1 Å². The first-order valence-corrected chi connectivity index (χ1v) is 7.70. The average Bonchev–Trinajstić information content (AvgIpc) is 2.99. The Morgan fingerprint density at radius 3 is 2.24 bits per heavy atom. The summed E-state index contributed by atoms with van der Waals surface area (Å²) in [4.78, 5) is 14.6. The van der Waals surface area contributed by atoms with Gasteiger partial charge in [0.15, 0.2) is 11.5 Å². The Morgan fingerprint density at radius 1 is 1.04 bits per heavy atom. The highest BCUT2D eigenvalue weighted by molar-refractivity contribution is 5.97. The largest absolute Gasteiger partial charge is 0.493 e. The molecule has 2 N–H and O–H groups in total. The molecule has 0 radical (unpaired) electrons. The number of nitrogens with one attached hydrogen (secondary N) is 1. The van der Waals surface area contributed by atoms with Crippen molar-refractivity contribution in [3.63, 3.8) is 0 Å². The van der Waals surface area contributed by atoms with Crippen LogP contribution in [0.2, 0.25) is 0 Å². The van der Waals surface area contributed by atoms with E-state index in [9.17, 15) is 9.90 Å². The van der Waals surface area contributed by atoms with E-state index < -0.39 is 5.97 Å². The maximum Gasteiger partial charge on any atom is 0.352 e. The fourth-order valence-electron chi connectivity index (χ4n) is 3.01. The van der Waals surface area contributed by atoms with Gasteiger partial charge < -0.3 is 24.3 Å². The summed E-state index contributed by atoms with van der Waals surface area (Å²) in [5, 5.41) is 10.4. The van der Waals surface area contributed by atoms with E-state index >= 15 is 0 Å². The highest BCUT2D eigenvalue weighted by Crippen LogP contribution is 2.39. The summed E-state index contributed by atoms with van der Waals surface area (Å²) in [5.74, 6) is 0.590. The highest BCUT2D eigenvalue weighted by atomic mass is 16.5. The van der Waals surface area contributed by atoms with Crippen LogP contribution in [0.25, 0.3) is 10.9 Å². The van der Waals surface area contributed by atoms with Crippen LogP contribution in [0, 0.1) is 0 Å². The second kappa shape index (κ2) is 6.76. The monoisotopic (exact) mass is 341 g/mol. The number of rotatable bonds is 6. The molecule has 0 fully saturated rings. The van der Waals surface area contributed by atoms with Crippen LogP contribution in [0.5, 0.6) is 17.2 Å². The molecule has 0 unspecified atom stereocenters. The minimum Gasteiger partial charge on any atom is -0.493 e. The summed E-state index contributed by atoms with van der Waals surface area (Å²) in [6, 6.07) is 11.2. The molecule has 0 aliphatic rings. The van der Waals surface area contributed by atoms with Gasteiger partial charge in [-0.3, -0.25) is 0 Å². The minimum atomic E-state index is -0.987. The molecule has 0 atom stereocenters. The van der Waals surface area contributed by atoms with E-state index in [1.54, 1.807) is 21.3 Å². The molecule has 2 aromatic carbocycles. The molecule has 3 rings (SSSR count). The quantitative estimate of drug-likeness (QED) is 0.717. The standard InChI is InChI=1S/C19H19NO5/c1-23-15-9-11(10-16(24-2)18(15)25-3)8-13-12-6-4-5-7-14(12)20-17(13)19(21)22/h4-7,9-10,20H,8H2,1-3H3,(H,21,22). The maximum atomic E-state index is 11.6. The molecule has 1 aromatic heterocycles. The number of hydrogen-bond donors (Lipinski definition) is 2. The Labute approximate surface area is 145 Å². The van der Waals surface area contributed by atoms with Crippen molar-refractivity contribution in [2.45, 2.75) is 6.42 Å². The van der Waals surface area contributed by atoms with Crippen molar-refractivity contribution in [1.82, 2.24) is 4.98 Å². The zero-order chi connectivity index (χ0) is 18.0. The number of carboxylic acids is 1. The van der Waals surface area contributed by atoms with Gasteiger partial charge in [-0.2, -0.15) is 0 Å². The van der Waals surface area contributed by atoms with Crippen LogP contribution in [-0.4, -0.2) is 37.4 Å². The lowest BCUT2D eigenvalue weighted by Gasteiger charge is -2.14. The van der Waals surface area contributed by atoms with Crippen LogP contribution in [-0.2, 0) is 6.42 Å². The molecule has 6 heteroatoms. The van der Waals surface area contributed by atoms with Crippen LogP contribution < -0.4 is 14.2 Å². The van der Waals surface area contributed by atoms with Gasteiger partial charge >= 0.3 is 5.97 Å². The zero-order valence-electron chi connectivity index (χ0n) is 14.3. The Kier molecular flexibility index (Phi) is 4.52. The van der Waals surface area contributed by atoms with Gasteiger partial charge in [-0.05, 0) is 29.3 Å². The fourth-order valence-corrected chi connectivity index (χ4v) is 3.01. The van der Waals surface area contributed by atoms with Gasteiger partial charge in [-0.15, -0.1) is 0 Å². The third-order valence-corrected chi connectivity index (χ3v) is 4.13. The van der Waals surface area contributed by atoms with Crippen molar-refractivity contribution in [3.8, 4) is 17.2 Å². The van der Waals surface area contributed by atoms with E-state index in [1.165, 1.54) is 0 Å². The number of aromatic carboxylic acids is 1. The van der Waals surface area contributed by atoms with Crippen molar-refractivity contribution in [3.05, 3.63) is 53.2 Å². The van der Waals surface area contributed by atoms with Gasteiger partial charge in [-0.25, -0.2) is 4.79 Å². The molecular weight excluding hydrogens is 322 g/mol. The number of para-hydroxylation sites is 1. The Morgan fingerprint density at radius 2 is 1.68 bits per heavy atom. The van der Waals surface area contributed by atoms with E-state index in [4.69, 9.17) is 14.2 Å². The fraction of sp³-hybridized carbons (Fsp3) is 0.211. The first-order chi connectivity index (χ1) is 12.1. The molecule has 6 nitrogen and oxygen atoms in total. The number of H-pyrrole nitrogens is 1. The van der Waals surface area contributed by atoms with Gasteiger partial charge in [0.2, 0.25) is 5.75 Å². The molecule has 0 spiro atoms. The highest BCUT2D eigenvalue weighted by Gasteiger charge is 2.19. The second-order valence-electron chi connectivity index (χ2n) is 5.54. The van der Waals surface area contributed by atoms with Gasteiger partial charge in [0, 0.05) is 17.3 Å². The van der Waals surface area contributed by atoms with Gasteiger partial charge in [-0.1, -0.05) is 18.2 Å².